The zero-order valence-electron chi connectivity index (χ0n) is 16.4. The first-order chi connectivity index (χ1) is 12.5. The van der Waals surface area contributed by atoms with Gasteiger partial charge in [-0.25, -0.2) is 0 Å². The quantitative estimate of drug-likeness (QED) is 0.463. The Morgan fingerprint density at radius 3 is 2.58 bits per heavy atom. The van der Waals surface area contributed by atoms with E-state index < -0.39 is 0 Å². The maximum atomic E-state index is 4.72. The van der Waals surface area contributed by atoms with Crippen LogP contribution in [-0.2, 0) is 17.0 Å². The Hall–Kier alpha value is -1.70. The van der Waals surface area contributed by atoms with Crippen molar-refractivity contribution in [1.29, 1.82) is 0 Å². The number of hydrogen-bond acceptors (Lipinski definition) is 1. The van der Waals surface area contributed by atoms with Crippen LogP contribution in [0.5, 0.6) is 0 Å². The third-order valence-corrected chi connectivity index (χ3v) is 5.22. The molecular formula is C24H29NV. The predicted octanol–water partition coefficient (Wildman–Crippen LogP) is 6.69. The summed E-state index contributed by atoms with van der Waals surface area (Å²) in [6.07, 6.45) is 8.14. The van der Waals surface area contributed by atoms with Crippen LogP contribution in [0.1, 0.15) is 69.1 Å². The van der Waals surface area contributed by atoms with Crippen molar-refractivity contribution < 1.29 is 17.0 Å². The van der Waals surface area contributed by atoms with Crippen molar-refractivity contribution in [2.24, 2.45) is 0 Å². The van der Waals surface area contributed by atoms with E-state index in [9.17, 15) is 0 Å². The SMILES string of the molecule is C=C/C=C(\[CH]=[V])c1cccnc1-c1ccc(C(C)C)c(C(C)CCC)c1. The van der Waals surface area contributed by atoms with Gasteiger partial charge < -0.3 is 0 Å². The number of hydrogen-bond donors (Lipinski definition) is 0. The Labute approximate surface area is 167 Å². The number of pyridine rings is 1. The van der Waals surface area contributed by atoms with Gasteiger partial charge in [-0.05, 0) is 0 Å². The zero-order chi connectivity index (χ0) is 19.1. The normalized spacial score (nSPS) is 12.8. The Morgan fingerprint density at radius 1 is 1.19 bits per heavy atom. The second-order valence-electron chi connectivity index (χ2n) is 7.07. The molecule has 0 fully saturated rings. The molecule has 0 aliphatic carbocycles. The second-order valence-corrected chi connectivity index (χ2v) is 7.48. The molecule has 0 N–H and O–H groups in total. The van der Waals surface area contributed by atoms with Crippen molar-refractivity contribution in [3.8, 4) is 11.3 Å². The summed E-state index contributed by atoms with van der Waals surface area (Å²) >= 11 is 2.53. The molecule has 0 saturated carbocycles. The molecular weight excluding hydrogens is 353 g/mol. The van der Waals surface area contributed by atoms with E-state index in [-0.39, 0.29) is 0 Å². The summed E-state index contributed by atoms with van der Waals surface area (Å²) in [5, 5.41) is 0. The zero-order valence-corrected chi connectivity index (χ0v) is 17.8. The van der Waals surface area contributed by atoms with Gasteiger partial charge in [-0.15, -0.1) is 0 Å². The first kappa shape index (κ1) is 20.6. The van der Waals surface area contributed by atoms with Crippen LogP contribution in [0.15, 0.2) is 55.3 Å². The standard InChI is InChI=1S/C24H29N.V/c1-7-10-18(5)22-12-9-15-25-24(22)20-13-14-21(17(3)4)23(16-20)19(6)11-8-2;/h5,7,9-10,12-17,19H,1,8,11H2,2-4,6H3;/b18-10+;. The Morgan fingerprint density at radius 2 is 1.96 bits per heavy atom. The number of aromatic nitrogens is 1. The fourth-order valence-corrected chi connectivity index (χ4v) is 3.81. The van der Waals surface area contributed by atoms with Crippen LogP contribution in [0.4, 0.5) is 0 Å². The number of nitrogens with zero attached hydrogens (tertiary/aromatic N) is 1. The van der Waals surface area contributed by atoms with Gasteiger partial charge in [-0.2, -0.15) is 0 Å². The first-order valence-corrected chi connectivity index (χ1v) is 10.2. The van der Waals surface area contributed by atoms with Gasteiger partial charge in [0.2, 0.25) is 0 Å². The van der Waals surface area contributed by atoms with E-state index in [2.05, 4.69) is 80.2 Å². The average molecular weight is 382 g/mol. The second kappa shape index (κ2) is 9.85. The Balaban J connectivity index is 2.63. The molecule has 26 heavy (non-hydrogen) atoms. The molecule has 0 bridgehead atoms. The van der Waals surface area contributed by atoms with Crippen LogP contribution >= 0.6 is 0 Å². The van der Waals surface area contributed by atoms with Gasteiger partial charge >= 0.3 is 168 Å². The monoisotopic (exact) mass is 382 g/mol. The third kappa shape index (κ3) is 4.72. The van der Waals surface area contributed by atoms with E-state index in [1.807, 2.05) is 24.4 Å². The van der Waals surface area contributed by atoms with Gasteiger partial charge in [-0.3, -0.25) is 0 Å². The summed E-state index contributed by atoms with van der Waals surface area (Å²) < 4.78 is 2.05. The average Bonchev–Trinajstić information content (AvgIpc) is 2.65. The molecule has 1 heterocycles. The molecule has 2 rings (SSSR count). The van der Waals surface area contributed by atoms with Crippen LogP contribution in [0, 0.1) is 0 Å². The van der Waals surface area contributed by atoms with Crippen LogP contribution in [0.2, 0.25) is 0 Å². The topological polar surface area (TPSA) is 12.9 Å². The molecule has 1 atom stereocenters. The minimum atomic E-state index is 0.527. The van der Waals surface area contributed by atoms with Crippen molar-refractivity contribution in [3.63, 3.8) is 0 Å². The van der Waals surface area contributed by atoms with Crippen molar-refractivity contribution in [2.75, 3.05) is 0 Å². The van der Waals surface area contributed by atoms with E-state index in [1.165, 1.54) is 29.5 Å². The predicted molar refractivity (Wildman–Crippen MR) is 111 cm³/mol. The first-order valence-electron chi connectivity index (χ1n) is 9.43. The van der Waals surface area contributed by atoms with Crippen LogP contribution < -0.4 is 0 Å². The summed E-state index contributed by atoms with van der Waals surface area (Å²) in [6, 6.07) is 11.0. The molecule has 135 valence electrons. The van der Waals surface area contributed by atoms with E-state index >= 15 is 0 Å². The molecule has 0 radical (unpaired) electrons. The van der Waals surface area contributed by atoms with Gasteiger partial charge in [-0.1, -0.05) is 0 Å². The summed E-state index contributed by atoms with van der Waals surface area (Å²) in [5.74, 6) is 1.08. The molecule has 2 aromatic rings. The summed E-state index contributed by atoms with van der Waals surface area (Å²) in [5.41, 5.74) is 7.39. The molecule has 1 aromatic carbocycles. The van der Waals surface area contributed by atoms with Gasteiger partial charge in [0, 0.05) is 0 Å². The van der Waals surface area contributed by atoms with Crippen LogP contribution in [0.3, 0.4) is 0 Å². The fourth-order valence-electron chi connectivity index (χ4n) is 3.46. The number of rotatable bonds is 8. The maximum absolute atomic E-state index is 4.72. The number of benzene rings is 1. The van der Waals surface area contributed by atoms with E-state index in [1.54, 1.807) is 0 Å². The molecule has 0 saturated heterocycles. The molecule has 0 amide bonds. The molecule has 0 spiro atoms. The van der Waals surface area contributed by atoms with E-state index in [0.717, 1.165) is 16.8 Å². The Bertz CT molecular complexity index is 802. The fraction of sp³-hybridized carbons (Fsp3) is 0.333. The van der Waals surface area contributed by atoms with E-state index in [0.29, 0.717) is 11.8 Å². The molecule has 0 aliphatic rings. The summed E-state index contributed by atoms with van der Waals surface area (Å²) in [4.78, 5) is 4.72. The van der Waals surface area contributed by atoms with Crippen LogP contribution in [0.25, 0.3) is 16.8 Å². The molecule has 1 nitrogen and oxygen atoms in total. The number of allylic oxidation sites excluding steroid dienone is 3. The Kier molecular flexibility index (Phi) is 7.81. The van der Waals surface area contributed by atoms with Gasteiger partial charge in [0.1, 0.15) is 0 Å². The summed E-state index contributed by atoms with van der Waals surface area (Å²) in [7, 11) is 0. The molecule has 2 heteroatoms. The molecule has 0 aliphatic heterocycles. The van der Waals surface area contributed by atoms with Gasteiger partial charge in [0.25, 0.3) is 0 Å². The van der Waals surface area contributed by atoms with Gasteiger partial charge in [0.15, 0.2) is 0 Å². The van der Waals surface area contributed by atoms with Crippen LogP contribution in [-0.4, -0.2) is 9.71 Å². The van der Waals surface area contributed by atoms with Crippen molar-refractivity contribution >= 4 is 10.3 Å². The van der Waals surface area contributed by atoms with Crippen molar-refractivity contribution in [2.45, 2.75) is 52.4 Å². The van der Waals surface area contributed by atoms with Crippen molar-refractivity contribution in [1.82, 2.24) is 4.98 Å². The van der Waals surface area contributed by atoms with Gasteiger partial charge in [0.05, 0.1) is 0 Å². The minimum absolute atomic E-state index is 0.527. The van der Waals surface area contributed by atoms with Crippen molar-refractivity contribution in [3.05, 3.63) is 72.0 Å². The van der Waals surface area contributed by atoms with E-state index in [4.69, 9.17) is 4.98 Å². The molecule has 1 unspecified atom stereocenters. The summed E-state index contributed by atoms with van der Waals surface area (Å²) in [6.45, 7) is 13.0. The molecule has 1 aromatic heterocycles. The third-order valence-electron chi connectivity index (χ3n) is 4.79.